The molecule has 196 valence electrons. The summed E-state index contributed by atoms with van der Waals surface area (Å²) in [4.78, 5) is 0. The largest absolute Gasteiger partial charge is 0.400 e. The van der Waals surface area contributed by atoms with Gasteiger partial charge < -0.3 is 9.84 Å². The Bertz CT molecular complexity index is 877. The van der Waals surface area contributed by atoms with Gasteiger partial charge in [-0.25, -0.2) is 0 Å². The van der Waals surface area contributed by atoms with Crippen LogP contribution in [0.2, 0.25) is 0 Å². The summed E-state index contributed by atoms with van der Waals surface area (Å²) in [7, 11) is 1.00. The van der Waals surface area contributed by atoms with Crippen LogP contribution in [0.1, 0.15) is 91.2 Å². The molecule has 1 aromatic heterocycles. The number of rotatable bonds is 6. The van der Waals surface area contributed by atoms with E-state index in [1.54, 1.807) is 6.20 Å². The van der Waals surface area contributed by atoms with Crippen LogP contribution in [0.15, 0.2) is 12.3 Å². The minimum absolute atomic E-state index is 0.468. The van der Waals surface area contributed by atoms with Crippen molar-refractivity contribution >= 4 is 0 Å². The number of aliphatic hydroxyl groups excluding tert-OH is 1. The van der Waals surface area contributed by atoms with Crippen LogP contribution in [0.3, 0.4) is 0 Å². The minimum Gasteiger partial charge on any atom is -0.400 e. The molecule has 5 rings (SSSR count). The van der Waals surface area contributed by atoms with Crippen LogP contribution >= 0.6 is 0 Å². The van der Waals surface area contributed by atoms with Gasteiger partial charge in [0.25, 0.3) is 0 Å². The number of fused-ring (bicyclic) bond motifs is 5. The van der Waals surface area contributed by atoms with Crippen molar-refractivity contribution in [3.05, 3.63) is 18.0 Å². The summed E-state index contributed by atoms with van der Waals surface area (Å²) in [5.41, 5.74) is 1.74. The van der Waals surface area contributed by atoms with E-state index in [1.807, 2.05) is 10.7 Å². The van der Waals surface area contributed by atoms with Crippen LogP contribution in [0.4, 0.5) is 0 Å². The van der Waals surface area contributed by atoms with Crippen LogP contribution < -0.4 is 0 Å². The molecule has 1 aromatic rings. The van der Waals surface area contributed by atoms with Gasteiger partial charge in [0.15, 0.2) is 0 Å². The highest BCUT2D eigenvalue weighted by atomic mass is 16.5. The maximum absolute atomic E-state index is 9.41. The number of nitrogens with zero attached hydrogens (tertiary/aromatic N) is 3. The SMILES string of the molecule is CCOCC1CCC2(C)C(CCC3C2CCC2(C)C(C(C)Cn4nccc4C#N)CCC32)C1.CO. The molecule has 9 unspecified atom stereocenters. The Labute approximate surface area is 213 Å². The topological polar surface area (TPSA) is 71.1 Å². The predicted octanol–water partition coefficient (Wildman–Crippen LogP) is 6.31. The number of aliphatic hydroxyl groups is 1. The van der Waals surface area contributed by atoms with Crippen LogP contribution in [-0.4, -0.2) is 35.2 Å². The van der Waals surface area contributed by atoms with Crippen molar-refractivity contribution in [1.82, 2.24) is 9.78 Å². The monoisotopic (exact) mass is 483 g/mol. The highest BCUT2D eigenvalue weighted by Crippen LogP contribution is 2.68. The standard InChI is InChI=1S/C29H45N3O.CH4O/c1-5-33-19-21-10-13-28(3)22(16-21)6-7-24-26-9-8-25(29(26,4)14-11-27(24)28)20(2)18-32-23(17-30)12-15-31-32;1-2/h12,15,20-22,24-27H,5-11,13-14,16,18-19H2,1-4H3;2H,1H3. The highest BCUT2D eigenvalue weighted by Gasteiger charge is 2.60. The molecule has 0 aromatic carbocycles. The summed E-state index contributed by atoms with van der Waals surface area (Å²) >= 11 is 0. The van der Waals surface area contributed by atoms with Gasteiger partial charge in [0, 0.05) is 26.9 Å². The fourth-order valence-corrected chi connectivity index (χ4v) is 9.73. The van der Waals surface area contributed by atoms with E-state index < -0.39 is 0 Å². The molecule has 5 nitrogen and oxygen atoms in total. The Kier molecular flexibility index (Phi) is 8.33. The van der Waals surface area contributed by atoms with Gasteiger partial charge in [0.05, 0.1) is 6.20 Å². The molecule has 35 heavy (non-hydrogen) atoms. The summed E-state index contributed by atoms with van der Waals surface area (Å²) < 4.78 is 7.77. The number of aromatic nitrogens is 2. The number of ether oxygens (including phenoxy) is 1. The van der Waals surface area contributed by atoms with Crippen LogP contribution in [0, 0.1) is 63.6 Å². The molecule has 5 heteroatoms. The second kappa shape index (κ2) is 10.9. The molecule has 4 saturated carbocycles. The Balaban J connectivity index is 0.00000141. The summed E-state index contributed by atoms with van der Waals surface area (Å²) in [5.74, 6) is 5.82. The lowest BCUT2D eigenvalue weighted by Crippen LogP contribution is -2.54. The highest BCUT2D eigenvalue weighted by molar-refractivity contribution is 5.18. The average molecular weight is 484 g/mol. The predicted molar refractivity (Wildman–Crippen MR) is 139 cm³/mol. The van der Waals surface area contributed by atoms with Gasteiger partial charge >= 0.3 is 0 Å². The molecule has 4 fully saturated rings. The number of hydrogen-bond acceptors (Lipinski definition) is 4. The van der Waals surface area contributed by atoms with Crippen molar-refractivity contribution in [1.29, 1.82) is 5.26 Å². The zero-order valence-corrected chi connectivity index (χ0v) is 22.9. The molecular formula is C30H49N3O2. The van der Waals surface area contributed by atoms with Gasteiger partial charge in [-0.15, -0.1) is 0 Å². The fraction of sp³-hybridized carbons (Fsp3) is 0.867. The van der Waals surface area contributed by atoms with E-state index in [9.17, 15) is 5.26 Å². The Morgan fingerprint density at radius 3 is 2.60 bits per heavy atom. The minimum atomic E-state index is 0.468. The van der Waals surface area contributed by atoms with Crippen molar-refractivity contribution in [3.8, 4) is 6.07 Å². The second-order valence-electron chi connectivity index (χ2n) is 12.7. The zero-order valence-electron chi connectivity index (χ0n) is 22.9. The smallest absolute Gasteiger partial charge is 0.138 e. The summed E-state index contributed by atoms with van der Waals surface area (Å²) in [5, 5.41) is 20.9. The maximum atomic E-state index is 9.41. The molecule has 4 aliphatic carbocycles. The molecule has 9 atom stereocenters. The van der Waals surface area contributed by atoms with Gasteiger partial charge in [-0.05, 0) is 123 Å². The van der Waals surface area contributed by atoms with Crippen molar-refractivity contribution < 1.29 is 9.84 Å². The summed E-state index contributed by atoms with van der Waals surface area (Å²) in [6, 6.07) is 4.16. The normalized spacial score (nSPS) is 40.9. The first kappa shape index (κ1) is 26.7. The van der Waals surface area contributed by atoms with Crippen LogP contribution in [0.5, 0.6) is 0 Å². The third kappa shape index (κ3) is 4.71. The van der Waals surface area contributed by atoms with Crippen molar-refractivity contribution in [3.63, 3.8) is 0 Å². The van der Waals surface area contributed by atoms with E-state index >= 15 is 0 Å². The molecule has 0 aliphatic heterocycles. The van der Waals surface area contributed by atoms with E-state index in [2.05, 4.69) is 38.9 Å². The quantitative estimate of drug-likeness (QED) is 0.514. The first-order valence-electron chi connectivity index (χ1n) is 14.3. The fourth-order valence-electron chi connectivity index (χ4n) is 9.73. The molecule has 0 bridgehead atoms. The molecule has 0 amide bonds. The lowest BCUT2D eigenvalue weighted by molar-refractivity contribution is -0.125. The first-order chi connectivity index (χ1) is 16.9. The maximum Gasteiger partial charge on any atom is 0.138 e. The lowest BCUT2D eigenvalue weighted by Gasteiger charge is -2.61. The zero-order chi connectivity index (χ0) is 25.2. The van der Waals surface area contributed by atoms with Gasteiger partial charge in [0.1, 0.15) is 11.8 Å². The molecule has 0 saturated heterocycles. The molecule has 0 spiro atoms. The van der Waals surface area contributed by atoms with Crippen LogP contribution in [0.25, 0.3) is 0 Å². The molecule has 1 heterocycles. The molecule has 4 aliphatic rings. The molecular weight excluding hydrogens is 434 g/mol. The second-order valence-corrected chi connectivity index (χ2v) is 12.7. The Morgan fingerprint density at radius 1 is 1.11 bits per heavy atom. The third-order valence-corrected chi connectivity index (χ3v) is 11.4. The first-order valence-corrected chi connectivity index (χ1v) is 14.3. The lowest BCUT2D eigenvalue weighted by atomic mass is 9.44. The number of hydrogen-bond donors (Lipinski definition) is 1. The van der Waals surface area contributed by atoms with Crippen LogP contribution in [-0.2, 0) is 11.3 Å². The molecule has 0 radical (unpaired) electrons. The summed E-state index contributed by atoms with van der Waals surface area (Å²) in [6.07, 6.45) is 14.5. The summed E-state index contributed by atoms with van der Waals surface area (Å²) in [6.45, 7) is 12.6. The van der Waals surface area contributed by atoms with E-state index in [1.165, 1.54) is 57.8 Å². The average Bonchev–Trinajstić information content (AvgIpc) is 3.47. The van der Waals surface area contributed by atoms with E-state index in [0.717, 1.165) is 62.4 Å². The van der Waals surface area contributed by atoms with Gasteiger partial charge in [-0.2, -0.15) is 10.4 Å². The van der Waals surface area contributed by atoms with Crippen molar-refractivity contribution in [2.45, 2.75) is 92.0 Å². The number of nitriles is 1. The van der Waals surface area contributed by atoms with Gasteiger partial charge in [0.2, 0.25) is 0 Å². The van der Waals surface area contributed by atoms with Gasteiger partial charge in [-0.3, -0.25) is 4.68 Å². The third-order valence-electron chi connectivity index (χ3n) is 11.4. The Morgan fingerprint density at radius 2 is 1.86 bits per heavy atom. The Hall–Kier alpha value is -1.38. The van der Waals surface area contributed by atoms with E-state index in [4.69, 9.17) is 9.84 Å². The van der Waals surface area contributed by atoms with E-state index in [0.29, 0.717) is 22.4 Å². The molecule has 1 N–H and O–H groups in total. The van der Waals surface area contributed by atoms with Crippen molar-refractivity contribution in [2.75, 3.05) is 20.3 Å². The van der Waals surface area contributed by atoms with Gasteiger partial charge in [-0.1, -0.05) is 20.8 Å². The van der Waals surface area contributed by atoms with E-state index in [-0.39, 0.29) is 0 Å². The van der Waals surface area contributed by atoms with Crippen molar-refractivity contribution in [2.24, 2.45) is 52.3 Å².